The van der Waals surface area contributed by atoms with Crippen LogP contribution in [0.25, 0.3) is 10.9 Å². The molecule has 0 aliphatic heterocycles. The minimum absolute atomic E-state index is 0.197. The first-order chi connectivity index (χ1) is 10.0. The molecule has 0 radical (unpaired) electrons. The Labute approximate surface area is 137 Å². The third kappa shape index (κ3) is 2.92. The van der Waals surface area contributed by atoms with E-state index in [2.05, 4.69) is 26.0 Å². The second kappa shape index (κ2) is 5.71. The molecule has 2 heterocycles. The average molecular weight is 383 g/mol. The summed E-state index contributed by atoms with van der Waals surface area (Å²) in [7, 11) is 0. The number of benzene rings is 1. The molecular weight excluding hydrogens is 374 g/mol. The van der Waals surface area contributed by atoms with E-state index in [1.54, 1.807) is 31.3 Å². The van der Waals surface area contributed by atoms with Gasteiger partial charge in [-0.2, -0.15) is 9.78 Å². The maximum Gasteiger partial charge on any atom is 0.282 e. The standard InChI is InChI=1S/C14H9BrClN3OS/c1-8-18-12-4-2-9(15)6-11(12)14(20)19(8)17-7-10-3-5-13(16)21-10/h2-7H,1H3. The van der Waals surface area contributed by atoms with Crippen LogP contribution in [0.1, 0.15) is 10.7 Å². The molecule has 0 saturated carbocycles. The van der Waals surface area contributed by atoms with Gasteiger partial charge in [0.2, 0.25) is 0 Å². The van der Waals surface area contributed by atoms with Crippen LogP contribution in [0.3, 0.4) is 0 Å². The molecule has 0 bridgehead atoms. The molecule has 7 heteroatoms. The maximum absolute atomic E-state index is 12.5. The van der Waals surface area contributed by atoms with Gasteiger partial charge < -0.3 is 0 Å². The molecular formula is C14H9BrClN3OS. The van der Waals surface area contributed by atoms with Crippen LogP contribution in [-0.4, -0.2) is 15.9 Å². The van der Waals surface area contributed by atoms with Gasteiger partial charge in [0.05, 0.1) is 21.5 Å². The molecule has 21 heavy (non-hydrogen) atoms. The summed E-state index contributed by atoms with van der Waals surface area (Å²) in [6.07, 6.45) is 1.61. The van der Waals surface area contributed by atoms with Crippen LogP contribution in [0, 0.1) is 6.92 Å². The van der Waals surface area contributed by atoms with Gasteiger partial charge in [-0.15, -0.1) is 11.3 Å². The van der Waals surface area contributed by atoms with Crippen molar-refractivity contribution in [3.8, 4) is 0 Å². The van der Waals surface area contributed by atoms with E-state index in [9.17, 15) is 4.79 Å². The summed E-state index contributed by atoms with van der Waals surface area (Å²) in [5.74, 6) is 0.536. The lowest BCUT2D eigenvalue weighted by atomic mass is 10.2. The number of fused-ring (bicyclic) bond motifs is 1. The van der Waals surface area contributed by atoms with Crippen LogP contribution in [0.5, 0.6) is 0 Å². The van der Waals surface area contributed by atoms with E-state index in [1.165, 1.54) is 16.0 Å². The Morgan fingerprint density at radius 1 is 1.38 bits per heavy atom. The Morgan fingerprint density at radius 2 is 2.19 bits per heavy atom. The topological polar surface area (TPSA) is 47.2 Å². The second-order valence-electron chi connectivity index (χ2n) is 4.32. The molecule has 2 aromatic heterocycles. The van der Waals surface area contributed by atoms with Crippen LogP contribution < -0.4 is 5.56 Å². The SMILES string of the molecule is Cc1nc2ccc(Br)cc2c(=O)n1N=Cc1ccc(Cl)s1. The van der Waals surface area contributed by atoms with Gasteiger partial charge in [0, 0.05) is 9.35 Å². The predicted octanol–water partition coefficient (Wildman–Crippen LogP) is 4.06. The molecule has 3 rings (SSSR count). The van der Waals surface area contributed by atoms with Gasteiger partial charge in [-0.25, -0.2) is 4.98 Å². The zero-order chi connectivity index (χ0) is 15.0. The van der Waals surface area contributed by atoms with Crippen molar-refractivity contribution in [2.45, 2.75) is 6.92 Å². The van der Waals surface area contributed by atoms with E-state index in [-0.39, 0.29) is 5.56 Å². The number of halogens is 2. The minimum atomic E-state index is -0.197. The number of aromatic nitrogens is 2. The molecule has 1 aromatic carbocycles. The van der Waals surface area contributed by atoms with E-state index < -0.39 is 0 Å². The fourth-order valence-corrected chi connectivity index (χ4v) is 3.20. The molecule has 0 N–H and O–H groups in total. The van der Waals surface area contributed by atoms with Crippen molar-refractivity contribution in [3.05, 3.63) is 60.2 Å². The molecule has 0 unspecified atom stereocenters. The largest absolute Gasteiger partial charge is 0.282 e. The highest BCUT2D eigenvalue weighted by atomic mass is 79.9. The number of aryl methyl sites for hydroxylation is 1. The highest BCUT2D eigenvalue weighted by Gasteiger charge is 2.07. The average Bonchev–Trinajstić information content (AvgIpc) is 2.85. The zero-order valence-corrected chi connectivity index (χ0v) is 14.0. The predicted molar refractivity (Wildman–Crippen MR) is 90.8 cm³/mol. The van der Waals surface area contributed by atoms with Crippen molar-refractivity contribution in [1.82, 2.24) is 9.66 Å². The fourth-order valence-electron chi connectivity index (χ4n) is 1.91. The zero-order valence-electron chi connectivity index (χ0n) is 10.9. The summed E-state index contributed by atoms with van der Waals surface area (Å²) >= 11 is 10.6. The van der Waals surface area contributed by atoms with Gasteiger partial charge >= 0.3 is 0 Å². The van der Waals surface area contributed by atoms with Crippen LogP contribution in [0.4, 0.5) is 0 Å². The summed E-state index contributed by atoms with van der Waals surface area (Å²) in [4.78, 5) is 17.8. The first-order valence-corrected chi connectivity index (χ1v) is 8.02. The number of thiophene rings is 1. The van der Waals surface area contributed by atoms with E-state index in [0.717, 1.165) is 9.35 Å². The number of nitrogens with zero attached hydrogens (tertiary/aromatic N) is 3. The van der Waals surface area contributed by atoms with E-state index in [4.69, 9.17) is 11.6 Å². The molecule has 3 aromatic rings. The Morgan fingerprint density at radius 3 is 2.90 bits per heavy atom. The first kappa shape index (κ1) is 14.4. The highest BCUT2D eigenvalue weighted by molar-refractivity contribution is 9.10. The third-order valence-corrected chi connectivity index (χ3v) is 4.52. The molecule has 0 saturated heterocycles. The highest BCUT2D eigenvalue weighted by Crippen LogP contribution is 2.20. The Kier molecular flexibility index (Phi) is 3.93. The molecule has 0 aliphatic carbocycles. The monoisotopic (exact) mass is 381 g/mol. The smallest absolute Gasteiger partial charge is 0.267 e. The van der Waals surface area contributed by atoms with Crippen molar-refractivity contribution in [2.75, 3.05) is 0 Å². The van der Waals surface area contributed by atoms with Crippen LogP contribution in [-0.2, 0) is 0 Å². The van der Waals surface area contributed by atoms with Crippen molar-refractivity contribution in [2.24, 2.45) is 5.10 Å². The molecule has 106 valence electrons. The summed E-state index contributed by atoms with van der Waals surface area (Å²) in [6.45, 7) is 1.75. The second-order valence-corrected chi connectivity index (χ2v) is 6.99. The lowest BCUT2D eigenvalue weighted by Crippen LogP contribution is -2.20. The molecule has 0 amide bonds. The molecule has 0 aliphatic rings. The molecule has 0 spiro atoms. The maximum atomic E-state index is 12.5. The van der Waals surface area contributed by atoms with Gasteiger partial charge in [0.25, 0.3) is 5.56 Å². The quantitative estimate of drug-likeness (QED) is 0.627. The lowest BCUT2D eigenvalue weighted by Gasteiger charge is -2.05. The number of hydrogen-bond acceptors (Lipinski definition) is 4. The lowest BCUT2D eigenvalue weighted by molar-refractivity contribution is 0.771. The van der Waals surface area contributed by atoms with Crippen molar-refractivity contribution in [1.29, 1.82) is 0 Å². The number of hydrogen-bond donors (Lipinski definition) is 0. The van der Waals surface area contributed by atoms with Gasteiger partial charge in [0.1, 0.15) is 5.82 Å². The summed E-state index contributed by atoms with van der Waals surface area (Å²) in [6, 6.07) is 9.05. The molecule has 4 nitrogen and oxygen atoms in total. The molecule has 0 fully saturated rings. The Hall–Kier alpha value is -1.50. The van der Waals surface area contributed by atoms with Crippen molar-refractivity contribution in [3.63, 3.8) is 0 Å². The van der Waals surface area contributed by atoms with Gasteiger partial charge in [0.15, 0.2) is 0 Å². The minimum Gasteiger partial charge on any atom is -0.267 e. The first-order valence-electron chi connectivity index (χ1n) is 6.03. The number of rotatable bonds is 2. The van der Waals surface area contributed by atoms with Gasteiger partial charge in [-0.3, -0.25) is 4.79 Å². The van der Waals surface area contributed by atoms with Crippen molar-refractivity contribution >= 4 is 56.0 Å². The van der Waals surface area contributed by atoms with E-state index >= 15 is 0 Å². The van der Waals surface area contributed by atoms with E-state index in [1.807, 2.05) is 12.1 Å². The summed E-state index contributed by atoms with van der Waals surface area (Å²) in [5.41, 5.74) is 0.462. The van der Waals surface area contributed by atoms with Crippen LogP contribution in [0.2, 0.25) is 4.34 Å². The van der Waals surface area contributed by atoms with Crippen LogP contribution >= 0.6 is 38.9 Å². The normalized spacial score (nSPS) is 11.6. The Bertz CT molecular complexity index is 916. The van der Waals surface area contributed by atoms with E-state index in [0.29, 0.717) is 21.1 Å². The van der Waals surface area contributed by atoms with Gasteiger partial charge in [-0.05, 0) is 37.3 Å². The fraction of sp³-hybridized carbons (Fsp3) is 0.0714. The van der Waals surface area contributed by atoms with Gasteiger partial charge in [-0.1, -0.05) is 27.5 Å². The summed E-state index contributed by atoms with van der Waals surface area (Å²) in [5, 5.41) is 4.75. The van der Waals surface area contributed by atoms with Crippen LogP contribution in [0.15, 0.2) is 44.7 Å². The Balaban J connectivity index is 2.14. The third-order valence-electron chi connectivity index (χ3n) is 2.86. The molecule has 0 atom stereocenters. The van der Waals surface area contributed by atoms with Crippen molar-refractivity contribution < 1.29 is 0 Å². The summed E-state index contributed by atoms with van der Waals surface area (Å²) < 4.78 is 2.81.